The van der Waals surface area contributed by atoms with Crippen LogP contribution in [0.4, 0.5) is 0 Å². The predicted molar refractivity (Wildman–Crippen MR) is 37.7 cm³/mol. The smallest absolute Gasteiger partial charge is 0.155 e. The van der Waals surface area contributed by atoms with E-state index in [0.717, 1.165) is 11.3 Å². The Labute approximate surface area is 58.3 Å². The molecule has 0 spiro atoms. The summed E-state index contributed by atoms with van der Waals surface area (Å²) in [5.41, 5.74) is 2.01. The molecule has 3 heteroatoms. The molecule has 0 fully saturated rings. The van der Waals surface area contributed by atoms with Crippen molar-refractivity contribution in [3.8, 4) is 0 Å². The van der Waals surface area contributed by atoms with E-state index in [4.69, 9.17) is 0 Å². The Morgan fingerprint density at radius 1 is 1.30 bits per heavy atom. The molecular weight excluding hydrogens is 126 g/mol. The summed E-state index contributed by atoms with van der Waals surface area (Å²) in [6.07, 6.45) is 3.53. The lowest BCUT2D eigenvalue weighted by atomic mass is 10.4. The minimum Gasteiger partial charge on any atom is -0.237 e. The zero-order valence-corrected chi connectivity index (χ0v) is 5.65. The summed E-state index contributed by atoms with van der Waals surface area (Å²) < 4.78 is 1.81. The van der Waals surface area contributed by atoms with Gasteiger partial charge in [0.2, 0.25) is 0 Å². The molecule has 2 heterocycles. The Morgan fingerprint density at radius 3 is 3.00 bits per heavy atom. The summed E-state index contributed by atoms with van der Waals surface area (Å²) in [6, 6.07) is 3.81. The highest BCUT2D eigenvalue weighted by atomic mass is 15.2. The molecule has 0 radical (unpaired) electrons. The summed E-state index contributed by atoms with van der Waals surface area (Å²) in [4.78, 5) is 4.10. The largest absolute Gasteiger partial charge is 0.237 e. The quantitative estimate of drug-likeness (QED) is 0.537. The fraction of sp³-hybridized carbons (Fsp3) is 0.143. The Kier molecular flexibility index (Phi) is 0.974. The first-order chi connectivity index (χ1) is 4.88. The first-order valence-corrected chi connectivity index (χ1v) is 3.13. The van der Waals surface area contributed by atoms with Gasteiger partial charge >= 0.3 is 0 Å². The van der Waals surface area contributed by atoms with E-state index in [1.807, 2.05) is 19.1 Å². The highest BCUT2D eigenvalue weighted by molar-refractivity contribution is 5.36. The van der Waals surface area contributed by atoms with Gasteiger partial charge in [-0.3, -0.25) is 0 Å². The molecule has 0 atom stereocenters. The molecule has 50 valence electrons. The van der Waals surface area contributed by atoms with E-state index in [2.05, 4.69) is 10.1 Å². The lowest BCUT2D eigenvalue weighted by Crippen LogP contribution is -1.92. The van der Waals surface area contributed by atoms with Gasteiger partial charge in [-0.05, 0) is 13.0 Å². The van der Waals surface area contributed by atoms with Crippen molar-refractivity contribution in [3.05, 3.63) is 30.2 Å². The third kappa shape index (κ3) is 0.603. The maximum Gasteiger partial charge on any atom is 0.155 e. The highest BCUT2D eigenvalue weighted by Crippen LogP contribution is 1.99. The van der Waals surface area contributed by atoms with Gasteiger partial charge in [-0.1, -0.05) is 0 Å². The molecule has 2 rings (SSSR count). The molecule has 0 aliphatic rings. The lowest BCUT2D eigenvalue weighted by molar-refractivity contribution is 0.895. The second-order valence-corrected chi connectivity index (χ2v) is 2.19. The van der Waals surface area contributed by atoms with E-state index in [1.54, 1.807) is 16.9 Å². The molecule has 3 nitrogen and oxygen atoms in total. The first kappa shape index (κ1) is 5.41. The van der Waals surface area contributed by atoms with E-state index >= 15 is 0 Å². The van der Waals surface area contributed by atoms with E-state index in [0.29, 0.717) is 0 Å². The first-order valence-electron chi connectivity index (χ1n) is 3.13. The number of aromatic nitrogens is 3. The molecule has 0 aromatic carbocycles. The van der Waals surface area contributed by atoms with Gasteiger partial charge in [0.05, 0.1) is 6.20 Å². The maximum atomic E-state index is 4.10. The molecule has 2 aromatic heterocycles. The predicted octanol–water partition coefficient (Wildman–Crippen LogP) is 1.04. The minimum atomic E-state index is 0.903. The lowest BCUT2D eigenvalue weighted by Gasteiger charge is -1.94. The molecule has 0 bridgehead atoms. The van der Waals surface area contributed by atoms with Crippen LogP contribution in [0.3, 0.4) is 0 Å². The summed E-state index contributed by atoms with van der Waals surface area (Å²) in [5, 5.41) is 4.07. The Hall–Kier alpha value is -1.38. The van der Waals surface area contributed by atoms with Crippen LogP contribution in [0.2, 0.25) is 0 Å². The van der Waals surface area contributed by atoms with Crippen LogP contribution >= 0.6 is 0 Å². The van der Waals surface area contributed by atoms with Gasteiger partial charge in [-0.15, -0.1) is 0 Å². The van der Waals surface area contributed by atoms with Crippen LogP contribution in [-0.4, -0.2) is 14.6 Å². The van der Waals surface area contributed by atoms with Crippen LogP contribution in [-0.2, 0) is 0 Å². The summed E-state index contributed by atoms with van der Waals surface area (Å²) in [6.45, 7) is 2.00. The minimum absolute atomic E-state index is 0.903. The van der Waals surface area contributed by atoms with E-state index < -0.39 is 0 Å². The van der Waals surface area contributed by atoms with Gasteiger partial charge in [0.1, 0.15) is 0 Å². The number of fused-ring (bicyclic) bond motifs is 1. The fourth-order valence-corrected chi connectivity index (χ4v) is 0.958. The van der Waals surface area contributed by atoms with Crippen molar-refractivity contribution in [2.24, 2.45) is 0 Å². The second kappa shape index (κ2) is 1.80. The van der Waals surface area contributed by atoms with Gasteiger partial charge in [0.15, 0.2) is 5.65 Å². The molecule has 0 saturated carbocycles. The van der Waals surface area contributed by atoms with Gasteiger partial charge < -0.3 is 0 Å². The molecule has 10 heavy (non-hydrogen) atoms. The van der Waals surface area contributed by atoms with Crippen molar-refractivity contribution < 1.29 is 0 Å². The van der Waals surface area contributed by atoms with Crippen LogP contribution in [0.15, 0.2) is 24.5 Å². The van der Waals surface area contributed by atoms with Crippen LogP contribution in [0.5, 0.6) is 0 Å². The highest BCUT2D eigenvalue weighted by Gasteiger charge is 1.93. The zero-order valence-electron chi connectivity index (χ0n) is 5.65. The normalized spacial score (nSPS) is 10.5. The average Bonchev–Trinajstić information content (AvgIpc) is 2.36. The fourth-order valence-electron chi connectivity index (χ4n) is 0.958. The zero-order chi connectivity index (χ0) is 6.97. The van der Waals surface area contributed by atoms with Gasteiger partial charge in [-0.25, -0.2) is 9.50 Å². The van der Waals surface area contributed by atoms with E-state index in [-0.39, 0.29) is 0 Å². The van der Waals surface area contributed by atoms with Crippen molar-refractivity contribution in [1.82, 2.24) is 14.6 Å². The molecule has 0 amide bonds. The van der Waals surface area contributed by atoms with E-state index in [9.17, 15) is 0 Å². The molecule has 0 N–H and O–H groups in total. The third-order valence-electron chi connectivity index (χ3n) is 1.48. The van der Waals surface area contributed by atoms with Crippen LogP contribution in [0, 0.1) is 6.92 Å². The maximum absolute atomic E-state index is 4.10. The Bertz CT molecular complexity index is 350. The Morgan fingerprint density at radius 2 is 2.20 bits per heavy atom. The third-order valence-corrected chi connectivity index (χ3v) is 1.48. The van der Waals surface area contributed by atoms with Crippen LogP contribution < -0.4 is 0 Å². The van der Waals surface area contributed by atoms with Gasteiger partial charge in [0.25, 0.3) is 0 Å². The standard InChI is InChI=1S/C7H7N3/c1-6-2-4-8-7-3-5-9-10(6)7/h2-5H,1H3. The van der Waals surface area contributed by atoms with Crippen LogP contribution in [0.1, 0.15) is 5.69 Å². The topological polar surface area (TPSA) is 30.2 Å². The van der Waals surface area contributed by atoms with Crippen molar-refractivity contribution in [2.75, 3.05) is 0 Å². The summed E-state index contributed by atoms with van der Waals surface area (Å²) in [5.74, 6) is 0. The van der Waals surface area contributed by atoms with Crippen molar-refractivity contribution in [3.63, 3.8) is 0 Å². The van der Waals surface area contributed by atoms with Crippen molar-refractivity contribution in [1.29, 1.82) is 0 Å². The molecule has 2 aromatic rings. The molecule has 0 saturated heterocycles. The molecule has 0 aliphatic heterocycles. The van der Waals surface area contributed by atoms with Gasteiger partial charge in [0, 0.05) is 18.0 Å². The number of hydrogen-bond donors (Lipinski definition) is 0. The Balaban J connectivity index is 2.95. The second-order valence-electron chi connectivity index (χ2n) is 2.19. The summed E-state index contributed by atoms with van der Waals surface area (Å²) >= 11 is 0. The number of hydrogen-bond acceptors (Lipinski definition) is 2. The SMILES string of the molecule is Cc1ccnc2ccnn12. The monoisotopic (exact) mass is 133 g/mol. The van der Waals surface area contributed by atoms with Crippen LogP contribution in [0.25, 0.3) is 5.65 Å². The number of nitrogens with zero attached hydrogens (tertiary/aromatic N) is 3. The van der Waals surface area contributed by atoms with E-state index in [1.165, 1.54) is 0 Å². The summed E-state index contributed by atoms with van der Waals surface area (Å²) in [7, 11) is 0. The van der Waals surface area contributed by atoms with Crippen molar-refractivity contribution in [2.45, 2.75) is 6.92 Å². The molecule has 0 unspecified atom stereocenters. The number of rotatable bonds is 0. The molecular formula is C7H7N3. The average molecular weight is 133 g/mol. The molecule has 0 aliphatic carbocycles. The van der Waals surface area contributed by atoms with Gasteiger partial charge in [-0.2, -0.15) is 5.10 Å². The van der Waals surface area contributed by atoms with Crippen molar-refractivity contribution >= 4 is 5.65 Å². The number of aryl methyl sites for hydroxylation is 1.